The van der Waals surface area contributed by atoms with E-state index < -0.39 is 10.0 Å². The van der Waals surface area contributed by atoms with Crippen LogP contribution in [-0.4, -0.2) is 25.5 Å². The van der Waals surface area contributed by atoms with E-state index in [9.17, 15) is 8.42 Å². The van der Waals surface area contributed by atoms with Crippen molar-refractivity contribution in [2.45, 2.75) is 11.4 Å². The van der Waals surface area contributed by atoms with Crippen molar-refractivity contribution in [1.82, 2.24) is 14.7 Å². The molecule has 0 aliphatic rings. The average Bonchev–Trinajstić information content (AvgIpc) is 3.10. The van der Waals surface area contributed by atoms with E-state index >= 15 is 0 Å². The van der Waals surface area contributed by atoms with Crippen LogP contribution in [0, 0.1) is 0 Å². The topological polar surface area (TPSA) is 81.2 Å². The molecule has 0 aliphatic heterocycles. The minimum atomic E-state index is -3.79. The summed E-state index contributed by atoms with van der Waals surface area (Å²) in [7, 11) is -2.38. The summed E-state index contributed by atoms with van der Waals surface area (Å²) in [6, 6.07) is 9.98. The molecule has 0 amide bonds. The van der Waals surface area contributed by atoms with Crippen molar-refractivity contribution in [1.29, 1.82) is 0 Å². The average molecular weight is 396 g/mol. The van der Waals surface area contributed by atoms with Crippen molar-refractivity contribution in [3.8, 4) is 16.5 Å². The molecule has 0 bridgehead atoms. The third-order valence-corrected chi connectivity index (χ3v) is 5.87. The Hall–Kier alpha value is -2.00. The van der Waals surface area contributed by atoms with Gasteiger partial charge in [0.1, 0.15) is 15.7 Å². The second-order valence-corrected chi connectivity index (χ2v) is 8.01. The van der Waals surface area contributed by atoms with Crippen LogP contribution in [0.3, 0.4) is 0 Å². The number of rotatable bonds is 6. The first-order chi connectivity index (χ1) is 12.0. The second-order valence-electron chi connectivity index (χ2n) is 4.98. The van der Waals surface area contributed by atoms with Gasteiger partial charge >= 0.3 is 0 Å². The largest absolute Gasteiger partial charge is 0.495 e. The Kier molecular flexibility index (Phi) is 5.33. The number of methoxy groups -OCH3 is 1. The molecule has 0 aliphatic carbocycles. The van der Waals surface area contributed by atoms with Crippen LogP contribution in [0.15, 0.2) is 52.9 Å². The molecule has 6 nitrogen and oxygen atoms in total. The van der Waals surface area contributed by atoms with E-state index in [1.807, 2.05) is 18.2 Å². The number of halogens is 1. The van der Waals surface area contributed by atoms with E-state index in [1.165, 1.54) is 30.6 Å². The minimum Gasteiger partial charge on any atom is -0.495 e. The minimum absolute atomic E-state index is 0.0114. The van der Waals surface area contributed by atoms with Crippen molar-refractivity contribution >= 4 is 33.0 Å². The van der Waals surface area contributed by atoms with Crippen LogP contribution in [0.5, 0.6) is 5.75 Å². The lowest BCUT2D eigenvalue weighted by Gasteiger charge is -2.10. The normalized spacial score (nSPS) is 11.4. The summed E-state index contributed by atoms with van der Waals surface area (Å²) in [5.74, 6) is 0.226. The van der Waals surface area contributed by atoms with Gasteiger partial charge in [-0.2, -0.15) is 0 Å². The first-order valence-electron chi connectivity index (χ1n) is 7.18. The highest BCUT2D eigenvalue weighted by Crippen LogP contribution is 2.27. The molecular weight excluding hydrogens is 382 g/mol. The van der Waals surface area contributed by atoms with Crippen molar-refractivity contribution in [2.75, 3.05) is 7.11 Å². The molecule has 9 heteroatoms. The molecule has 2 heterocycles. The Balaban J connectivity index is 1.77. The summed E-state index contributed by atoms with van der Waals surface area (Å²) in [5.41, 5.74) is 1.35. The number of nitrogens with one attached hydrogen (secondary N) is 1. The molecule has 3 rings (SSSR count). The van der Waals surface area contributed by atoms with Gasteiger partial charge in [-0.1, -0.05) is 17.7 Å². The molecule has 3 aromatic rings. The second kappa shape index (κ2) is 7.49. The zero-order valence-electron chi connectivity index (χ0n) is 13.1. The van der Waals surface area contributed by atoms with E-state index in [0.29, 0.717) is 10.7 Å². The van der Waals surface area contributed by atoms with Crippen LogP contribution < -0.4 is 9.46 Å². The molecular formula is C16H14ClN3O3S2. The number of sulfonamides is 1. The fraction of sp³-hybridized carbons (Fsp3) is 0.125. The van der Waals surface area contributed by atoms with E-state index in [-0.39, 0.29) is 17.2 Å². The van der Waals surface area contributed by atoms with Gasteiger partial charge in [-0.05, 0) is 30.3 Å². The summed E-state index contributed by atoms with van der Waals surface area (Å²) in [6.45, 7) is 0.0569. The fourth-order valence-electron chi connectivity index (χ4n) is 2.10. The predicted octanol–water partition coefficient (Wildman–Crippen LogP) is 3.35. The smallest absolute Gasteiger partial charge is 0.244 e. The Morgan fingerprint density at radius 2 is 2.12 bits per heavy atom. The third-order valence-electron chi connectivity index (χ3n) is 3.29. The highest BCUT2D eigenvalue weighted by Gasteiger charge is 2.20. The SMILES string of the molecule is COc1ccc(Cl)cc1S(=O)(=O)NCc1csc(-c2ccccn2)n1. The number of nitrogens with zero attached hydrogens (tertiary/aromatic N) is 2. The monoisotopic (exact) mass is 395 g/mol. The number of pyridine rings is 1. The molecule has 25 heavy (non-hydrogen) atoms. The summed E-state index contributed by atoms with van der Waals surface area (Å²) in [6.07, 6.45) is 1.69. The standard InChI is InChI=1S/C16H14ClN3O3S2/c1-23-14-6-5-11(17)8-15(14)25(21,22)19-9-12-10-24-16(20-12)13-4-2-3-7-18-13/h2-8,10,19H,9H2,1H3. The molecule has 1 aromatic carbocycles. The van der Waals surface area contributed by atoms with Crippen LogP contribution >= 0.6 is 22.9 Å². The highest BCUT2D eigenvalue weighted by molar-refractivity contribution is 7.89. The van der Waals surface area contributed by atoms with Gasteiger partial charge in [-0.15, -0.1) is 11.3 Å². The van der Waals surface area contributed by atoms with Gasteiger partial charge in [0.15, 0.2) is 0 Å². The van der Waals surface area contributed by atoms with Gasteiger partial charge in [-0.25, -0.2) is 18.1 Å². The van der Waals surface area contributed by atoms with Gasteiger partial charge in [-0.3, -0.25) is 4.98 Å². The summed E-state index contributed by atoms with van der Waals surface area (Å²) in [5, 5.41) is 2.84. The summed E-state index contributed by atoms with van der Waals surface area (Å²) < 4.78 is 32.7. The van der Waals surface area contributed by atoms with E-state index in [4.69, 9.17) is 16.3 Å². The van der Waals surface area contributed by atoms with Gasteiger partial charge < -0.3 is 4.74 Å². The highest BCUT2D eigenvalue weighted by atomic mass is 35.5. The molecule has 0 fully saturated rings. The van der Waals surface area contributed by atoms with Crippen LogP contribution in [0.1, 0.15) is 5.69 Å². The molecule has 0 saturated carbocycles. The lowest BCUT2D eigenvalue weighted by atomic mass is 10.3. The molecule has 0 atom stereocenters. The van der Waals surface area contributed by atoms with Gasteiger partial charge in [0.25, 0.3) is 0 Å². The Bertz CT molecular complexity index is 975. The zero-order valence-corrected chi connectivity index (χ0v) is 15.5. The first-order valence-corrected chi connectivity index (χ1v) is 9.93. The Morgan fingerprint density at radius 3 is 2.84 bits per heavy atom. The molecule has 0 unspecified atom stereocenters. The number of aromatic nitrogens is 2. The maximum Gasteiger partial charge on any atom is 0.244 e. The van der Waals surface area contributed by atoms with E-state index in [1.54, 1.807) is 17.6 Å². The van der Waals surface area contributed by atoms with Gasteiger partial charge in [0.05, 0.1) is 25.0 Å². The number of hydrogen-bond acceptors (Lipinski definition) is 6. The Morgan fingerprint density at radius 1 is 1.28 bits per heavy atom. The first kappa shape index (κ1) is 17.8. The summed E-state index contributed by atoms with van der Waals surface area (Å²) in [4.78, 5) is 8.63. The number of hydrogen-bond donors (Lipinski definition) is 1. The van der Waals surface area contributed by atoms with E-state index in [2.05, 4.69) is 14.7 Å². The maximum atomic E-state index is 12.5. The number of thiazole rings is 1. The lowest BCUT2D eigenvalue weighted by Crippen LogP contribution is -2.24. The molecule has 0 spiro atoms. The van der Waals surface area contributed by atoms with Crippen LogP contribution in [-0.2, 0) is 16.6 Å². The fourth-order valence-corrected chi connectivity index (χ4v) is 4.33. The van der Waals surface area contributed by atoms with Crippen molar-refractivity contribution < 1.29 is 13.2 Å². The van der Waals surface area contributed by atoms with Crippen LogP contribution in [0.25, 0.3) is 10.7 Å². The molecule has 0 radical (unpaired) electrons. The molecule has 1 N–H and O–H groups in total. The van der Waals surface area contributed by atoms with Gasteiger partial charge in [0, 0.05) is 16.6 Å². The quantitative estimate of drug-likeness (QED) is 0.692. The third kappa shape index (κ3) is 4.16. The van der Waals surface area contributed by atoms with Gasteiger partial charge in [0.2, 0.25) is 10.0 Å². The summed E-state index contributed by atoms with van der Waals surface area (Å²) >= 11 is 7.31. The lowest BCUT2D eigenvalue weighted by molar-refractivity contribution is 0.402. The van der Waals surface area contributed by atoms with Crippen molar-refractivity contribution in [3.05, 3.63) is 58.7 Å². The molecule has 0 saturated heterocycles. The molecule has 130 valence electrons. The van der Waals surface area contributed by atoms with Crippen molar-refractivity contribution in [3.63, 3.8) is 0 Å². The number of benzene rings is 1. The van der Waals surface area contributed by atoms with Crippen LogP contribution in [0.2, 0.25) is 5.02 Å². The van der Waals surface area contributed by atoms with Crippen LogP contribution in [0.4, 0.5) is 0 Å². The van der Waals surface area contributed by atoms with Crippen molar-refractivity contribution in [2.24, 2.45) is 0 Å². The molecule has 2 aromatic heterocycles. The number of ether oxygens (including phenoxy) is 1. The van der Waals surface area contributed by atoms with E-state index in [0.717, 1.165) is 10.7 Å². The predicted molar refractivity (Wildman–Crippen MR) is 97.4 cm³/mol. The zero-order chi connectivity index (χ0) is 17.9. The maximum absolute atomic E-state index is 12.5. The Labute approximate surface area is 154 Å².